The lowest BCUT2D eigenvalue weighted by atomic mass is 10.2. The smallest absolute Gasteiger partial charge is 0.240 e. The molecule has 104 valence electrons. The van der Waals surface area contributed by atoms with Crippen LogP contribution < -0.4 is 10.2 Å². The molecule has 0 aliphatic carbocycles. The van der Waals surface area contributed by atoms with E-state index in [2.05, 4.69) is 5.32 Å². The molecule has 0 spiro atoms. The van der Waals surface area contributed by atoms with E-state index in [1.807, 2.05) is 0 Å². The number of carbonyl (C=O) groups excluding carboxylic acids is 2. The Hall–Kier alpha value is -1.98. The zero-order chi connectivity index (χ0) is 14.6. The molecule has 0 saturated heterocycles. The van der Waals surface area contributed by atoms with E-state index in [9.17, 15) is 18.4 Å². The Labute approximate surface area is 110 Å². The lowest BCUT2D eigenvalue weighted by Crippen LogP contribution is -2.42. The fourth-order valence-electron chi connectivity index (χ4n) is 1.58. The van der Waals surface area contributed by atoms with E-state index in [1.165, 1.54) is 6.92 Å². The van der Waals surface area contributed by atoms with Gasteiger partial charge in [0.2, 0.25) is 11.8 Å². The van der Waals surface area contributed by atoms with E-state index in [-0.39, 0.29) is 18.3 Å². The van der Waals surface area contributed by atoms with Crippen LogP contribution in [-0.2, 0) is 9.59 Å². The number of hydrogen-bond donors (Lipinski definition) is 1. The van der Waals surface area contributed by atoms with Gasteiger partial charge in [-0.3, -0.25) is 9.59 Å². The van der Waals surface area contributed by atoms with Crippen molar-refractivity contribution < 1.29 is 18.4 Å². The SMILES string of the molecule is CC(=O)N(CC(=O)NC(C)C)c1ccc(F)cc1F. The van der Waals surface area contributed by atoms with Crippen molar-refractivity contribution in [1.82, 2.24) is 5.32 Å². The molecule has 0 bridgehead atoms. The van der Waals surface area contributed by atoms with Gasteiger partial charge in [-0.2, -0.15) is 0 Å². The highest BCUT2D eigenvalue weighted by atomic mass is 19.1. The number of rotatable bonds is 4. The molecule has 0 aromatic heterocycles. The number of benzene rings is 1. The van der Waals surface area contributed by atoms with Crippen molar-refractivity contribution in [3.63, 3.8) is 0 Å². The zero-order valence-corrected chi connectivity index (χ0v) is 11.0. The van der Waals surface area contributed by atoms with Gasteiger partial charge in [0, 0.05) is 19.0 Å². The van der Waals surface area contributed by atoms with Crippen LogP contribution in [0.1, 0.15) is 20.8 Å². The molecule has 1 rings (SSSR count). The summed E-state index contributed by atoms with van der Waals surface area (Å²) in [4.78, 5) is 24.1. The normalized spacial score (nSPS) is 10.4. The quantitative estimate of drug-likeness (QED) is 0.907. The third kappa shape index (κ3) is 4.31. The Kier molecular flexibility index (Phi) is 4.97. The lowest BCUT2D eigenvalue weighted by molar-refractivity contribution is -0.123. The van der Waals surface area contributed by atoms with Crippen molar-refractivity contribution in [1.29, 1.82) is 0 Å². The van der Waals surface area contributed by atoms with Crippen LogP contribution in [0.25, 0.3) is 0 Å². The summed E-state index contributed by atoms with van der Waals surface area (Å²) in [5.41, 5.74) is -0.118. The average Bonchev–Trinajstić information content (AvgIpc) is 2.25. The fraction of sp³-hybridized carbons (Fsp3) is 0.385. The molecule has 6 heteroatoms. The van der Waals surface area contributed by atoms with E-state index in [4.69, 9.17) is 0 Å². The minimum Gasteiger partial charge on any atom is -0.352 e. The maximum absolute atomic E-state index is 13.6. The van der Waals surface area contributed by atoms with Gasteiger partial charge in [0.15, 0.2) is 0 Å². The van der Waals surface area contributed by atoms with Crippen molar-refractivity contribution in [2.45, 2.75) is 26.8 Å². The summed E-state index contributed by atoms with van der Waals surface area (Å²) in [6.07, 6.45) is 0. The molecule has 0 unspecified atom stereocenters. The van der Waals surface area contributed by atoms with Crippen LogP contribution in [0.2, 0.25) is 0 Å². The molecule has 4 nitrogen and oxygen atoms in total. The van der Waals surface area contributed by atoms with Crippen LogP contribution >= 0.6 is 0 Å². The summed E-state index contributed by atoms with van der Waals surface area (Å²) in [5, 5.41) is 2.60. The standard InChI is InChI=1S/C13H16F2N2O2/c1-8(2)16-13(19)7-17(9(3)18)12-5-4-10(14)6-11(12)15/h4-6,8H,7H2,1-3H3,(H,16,19). The molecular weight excluding hydrogens is 254 g/mol. The minimum atomic E-state index is -0.882. The first-order chi connectivity index (χ1) is 8.81. The number of anilines is 1. The molecule has 0 saturated carbocycles. The third-order valence-corrected chi connectivity index (χ3v) is 2.33. The number of nitrogens with zero attached hydrogens (tertiary/aromatic N) is 1. The highest BCUT2D eigenvalue weighted by Gasteiger charge is 2.19. The van der Waals surface area contributed by atoms with E-state index in [0.717, 1.165) is 17.0 Å². The number of hydrogen-bond acceptors (Lipinski definition) is 2. The first-order valence-corrected chi connectivity index (χ1v) is 5.83. The number of nitrogens with one attached hydrogen (secondary N) is 1. The molecular formula is C13H16F2N2O2. The van der Waals surface area contributed by atoms with Crippen LogP contribution in [0.3, 0.4) is 0 Å². The minimum absolute atomic E-state index is 0.0839. The van der Waals surface area contributed by atoms with Crippen LogP contribution in [0.4, 0.5) is 14.5 Å². The second kappa shape index (κ2) is 6.26. The van der Waals surface area contributed by atoms with Crippen molar-refractivity contribution >= 4 is 17.5 Å². The monoisotopic (exact) mass is 270 g/mol. The summed E-state index contributed by atoms with van der Waals surface area (Å²) in [7, 11) is 0. The Morgan fingerprint density at radius 3 is 2.42 bits per heavy atom. The molecule has 0 aliphatic heterocycles. The second-order valence-electron chi connectivity index (χ2n) is 4.42. The first kappa shape index (κ1) is 15.1. The van der Waals surface area contributed by atoms with Gasteiger partial charge in [-0.15, -0.1) is 0 Å². The van der Waals surface area contributed by atoms with Gasteiger partial charge in [0.05, 0.1) is 5.69 Å². The van der Waals surface area contributed by atoms with Gasteiger partial charge in [0.25, 0.3) is 0 Å². The van der Waals surface area contributed by atoms with Gasteiger partial charge in [-0.05, 0) is 26.0 Å². The highest BCUT2D eigenvalue weighted by molar-refractivity contribution is 5.97. The number of halogens is 2. The molecule has 1 aromatic carbocycles. The lowest BCUT2D eigenvalue weighted by Gasteiger charge is -2.21. The maximum Gasteiger partial charge on any atom is 0.240 e. The molecule has 0 heterocycles. The first-order valence-electron chi connectivity index (χ1n) is 5.83. The van der Waals surface area contributed by atoms with Gasteiger partial charge in [-0.25, -0.2) is 8.78 Å². The largest absolute Gasteiger partial charge is 0.352 e. The molecule has 0 aliphatic rings. The molecule has 0 radical (unpaired) electrons. The van der Waals surface area contributed by atoms with E-state index in [1.54, 1.807) is 13.8 Å². The summed E-state index contributed by atoms with van der Waals surface area (Å²) in [6.45, 7) is 4.45. The predicted octanol–water partition coefficient (Wildman–Crippen LogP) is 1.84. The van der Waals surface area contributed by atoms with Gasteiger partial charge in [0.1, 0.15) is 18.2 Å². The van der Waals surface area contributed by atoms with Crippen molar-refractivity contribution in [2.75, 3.05) is 11.4 Å². The summed E-state index contributed by atoms with van der Waals surface area (Å²) >= 11 is 0. The summed E-state index contributed by atoms with van der Waals surface area (Å²) < 4.78 is 26.4. The zero-order valence-electron chi connectivity index (χ0n) is 11.0. The van der Waals surface area contributed by atoms with Gasteiger partial charge in [-0.1, -0.05) is 0 Å². The van der Waals surface area contributed by atoms with Crippen molar-refractivity contribution in [2.24, 2.45) is 0 Å². The molecule has 1 N–H and O–H groups in total. The Balaban J connectivity index is 2.95. The van der Waals surface area contributed by atoms with Crippen LogP contribution in [0.15, 0.2) is 18.2 Å². The Bertz CT molecular complexity index is 490. The Morgan fingerprint density at radius 1 is 1.32 bits per heavy atom. The predicted molar refractivity (Wildman–Crippen MR) is 67.7 cm³/mol. The molecule has 0 atom stereocenters. The van der Waals surface area contributed by atoms with Crippen LogP contribution in [-0.4, -0.2) is 24.4 Å². The van der Waals surface area contributed by atoms with E-state index >= 15 is 0 Å². The summed E-state index contributed by atoms with van der Waals surface area (Å²) in [6, 6.07) is 2.76. The number of carbonyl (C=O) groups is 2. The second-order valence-corrected chi connectivity index (χ2v) is 4.42. The number of amides is 2. The summed E-state index contributed by atoms with van der Waals surface area (Å²) in [5.74, 6) is -2.53. The van der Waals surface area contributed by atoms with E-state index < -0.39 is 23.4 Å². The topological polar surface area (TPSA) is 49.4 Å². The van der Waals surface area contributed by atoms with Crippen molar-refractivity contribution in [3.8, 4) is 0 Å². The van der Waals surface area contributed by atoms with Crippen LogP contribution in [0, 0.1) is 11.6 Å². The third-order valence-electron chi connectivity index (χ3n) is 2.33. The highest BCUT2D eigenvalue weighted by Crippen LogP contribution is 2.20. The van der Waals surface area contributed by atoms with Gasteiger partial charge < -0.3 is 10.2 Å². The Morgan fingerprint density at radius 2 is 1.95 bits per heavy atom. The maximum atomic E-state index is 13.6. The van der Waals surface area contributed by atoms with Gasteiger partial charge >= 0.3 is 0 Å². The van der Waals surface area contributed by atoms with Crippen LogP contribution in [0.5, 0.6) is 0 Å². The van der Waals surface area contributed by atoms with Crippen molar-refractivity contribution in [3.05, 3.63) is 29.8 Å². The molecule has 2 amide bonds. The fourth-order valence-corrected chi connectivity index (χ4v) is 1.58. The average molecular weight is 270 g/mol. The molecule has 0 fully saturated rings. The molecule has 1 aromatic rings. The van der Waals surface area contributed by atoms with E-state index in [0.29, 0.717) is 6.07 Å². The molecule has 19 heavy (non-hydrogen) atoms.